The summed E-state index contributed by atoms with van der Waals surface area (Å²) in [6.45, 7) is 7.40. The minimum absolute atomic E-state index is 0.112. The highest BCUT2D eigenvalue weighted by atomic mass is 19.4. The number of benzene rings is 1. The monoisotopic (exact) mass is 493 g/mol. The summed E-state index contributed by atoms with van der Waals surface area (Å²) in [6, 6.07) is 9.98. The summed E-state index contributed by atoms with van der Waals surface area (Å²) in [5.41, 5.74) is 1.27. The van der Waals surface area contributed by atoms with E-state index in [0.29, 0.717) is 18.9 Å². The van der Waals surface area contributed by atoms with E-state index < -0.39 is 12.2 Å². The lowest BCUT2D eigenvalue weighted by Crippen LogP contribution is -2.59. The maximum Gasteiger partial charge on any atom is 0.574 e. The van der Waals surface area contributed by atoms with Gasteiger partial charge in [-0.15, -0.1) is 13.2 Å². The molecule has 1 aromatic heterocycles. The van der Waals surface area contributed by atoms with Crippen LogP contribution in [0.15, 0.2) is 42.7 Å². The van der Waals surface area contributed by atoms with Crippen LogP contribution in [0, 0.1) is 0 Å². The van der Waals surface area contributed by atoms with Gasteiger partial charge >= 0.3 is 12.5 Å². The van der Waals surface area contributed by atoms with Gasteiger partial charge in [0.25, 0.3) is 0 Å². The topological polar surface area (TPSA) is 71.0 Å². The van der Waals surface area contributed by atoms with Gasteiger partial charge in [-0.1, -0.05) is 30.3 Å². The molecule has 2 aliphatic heterocycles. The van der Waals surface area contributed by atoms with Crippen molar-refractivity contribution >= 4 is 11.9 Å². The van der Waals surface area contributed by atoms with Gasteiger partial charge in [-0.2, -0.15) is 0 Å². The Hall–Kier alpha value is -3.08. The van der Waals surface area contributed by atoms with E-state index in [0.717, 1.165) is 38.7 Å². The molecule has 0 spiro atoms. The van der Waals surface area contributed by atoms with Gasteiger partial charge < -0.3 is 14.4 Å². The molecule has 4 rings (SSSR count). The number of hydrogen-bond donors (Lipinski definition) is 0. The molecule has 2 atom stereocenters. The molecule has 1 aromatic carbocycles. The van der Waals surface area contributed by atoms with Crippen LogP contribution in [0.3, 0.4) is 0 Å². The van der Waals surface area contributed by atoms with Crippen molar-refractivity contribution in [2.75, 3.05) is 31.1 Å². The third kappa shape index (κ3) is 6.74. The second kappa shape index (κ2) is 10.7. The van der Waals surface area contributed by atoms with Crippen LogP contribution >= 0.6 is 0 Å². The highest BCUT2D eigenvalue weighted by Gasteiger charge is 2.36. The highest BCUT2D eigenvalue weighted by molar-refractivity contribution is 5.69. The molecule has 2 aliphatic rings. The number of piperidine rings is 1. The van der Waals surface area contributed by atoms with Crippen LogP contribution in [-0.2, 0) is 11.3 Å². The maximum atomic E-state index is 13.0. The minimum atomic E-state index is -4.82. The molecule has 3 heterocycles. The molecular weight excluding hydrogens is 463 g/mol. The summed E-state index contributed by atoms with van der Waals surface area (Å²) in [6.07, 6.45) is -1.47. The predicted molar refractivity (Wildman–Crippen MR) is 123 cm³/mol. The van der Waals surface area contributed by atoms with Gasteiger partial charge in [-0.05, 0) is 32.3 Å². The van der Waals surface area contributed by atoms with Gasteiger partial charge in [-0.25, -0.2) is 14.8 Å². The fraction of sp³-hybridized carbons (Fsp3) is 0.542. The Balaban J connectivity index is 1.27. The Morgan fingerprint density at radius 2 is 1.69 bits per heavy atom. The number of carbonyl (C=O) groups is 1. The number of hydrogen-bond acceptors (Lipinski definition) is 7. The lowest BCUT2D eigenvalue weighted by molar-refractivity contribution is -0.276. The van der Waals surface area contributed by atoms with E-state index in [1.54, 1.807) is 4.90 Å². The number of ether oxygens (including phenoxy) is 2. The first-order chi connectivity index (χ1) is 16.7. The molecule has 2 saturated heterocycles. The minimum Gasteiger partial charge on any atom is -0.446 e. The summed E-state index contributed by atoms with van der Waals surface area (Å²) >= 11 is 0. The first-order valence-electron chi connectivity index (χ1n) is 11.8. The summed E-state index contributed by atoms with van der Waals surface area (Å²) in [7, 11) is 0. The zero-order chi connectivity index (χ0) is 25.0. The van der Waals surface area contributed by atoms with E-state index in [-0.39, 0.29) is 24.3 Å². The van der Waals surface area contributed by atoms with Crippen LogP contribution in [0.5, 0.6) is 5.88 Å². The SMILES string of the molecule is C[C@@H]1CN(c2cnc(OC(F)(F)F)cn2)C[C@H](C)N1C(=O)OC1CCN(Cc2ccccc2)CC1. The first kappa shape index (κ1) is 25.0. The molecule has 0 radical (unpaired) electrons. The molecule has 0 aliphatic carbocycles. The number of rotatable bonds is 5. The van der Waals surface area contributed by atoms with E-state index in [4.69, 9.17) is 4.74 Å². The van der Waals surface area contributed by atoms with Crippen LogP contribution in [0.2, 0.25) is 0 Å². The Bertz CT molecular complexity index is 957. The van der Waals surface area contributed by atoms with Crippen molar-refractivity contribution in [1.29, 1.82) is 0 Å². The molecule has 11 heteroatoms. The second-order valence-electron chi connectivity index (χ2n) is 9.12. The van der Waals surface area contributed by atoms with Crippen molar-refractivity contribution in [3.63, 3.8) is 0 Å². The lowest BCUT2D eigenvalue weighted by atomic mass is 10.1. The van der Waals surface area contributed by atoms with Gasteiger partial charge in [0.15, 0.2) is 0 Å². The molecule has 8 nitrogen and oxygen atoms in total. The van der Waals surface area contributed by atoms with E-state index >= 15 is 0 Å². The quantitative estimate of drug-likeness (QED) is 0.622. The van der Waals surface area contributed by atoms with E-state index in [9.17, 15) is 18.0 Å². The maximum absolute atomic E-state index is 13.0. The van der Waals surface area contributed by atoms with E-state index in [2.05, 4.69) is 31.7 Å². The molecule has 0 saturated carbocycles. The van der Waals surface area contributed by atoms with Crippen LogP contribution in [0.25, 0.3) is 0 Å². The van der Waals surface area contributed by atoms with Crippen molar-refractivity contribution in [2.24, 2.45) is 0 Å². The number of amides is 1. The first-order valence-corrected chi connectivity index (χ1v) is 11.8. The summed E-state index contributed by atoms with van der Waals surface area (Å²) in [4.78, 5) is 26.8. The predicted octanol–water partition coefficient (Wildman–Crippen LogP) is 4.08. The largest absolute Gasteiger partial charge is 0.574 e. The van der Waals surface area contributed by atoms with Gasteiger partial charge in [0.05, 0.1) is 24.5 Å². The smallest absolute Gasteiger partial charge is 0.446 e. The van der Waals surface area contributed by atoms with Gasteiger partial charge in [0, 0.05) is 32.7 Å². The van der Waals surface area contributed by atoms with E-state index in [1.165, 1.54) is 11.8 Å². The standard InChI is InChI=1S/C24H30F3N5O3/c1-17-14-31(21-12-29-22(13-28-21)35-24(25,26)27)15-18(2)32(17)23(33)34-20-8-10-30(11-9-20)16-19-6-4-3-5-7-19/h3-7,12-13,17-18,20H,8-11,14-16H2,1-2H3/t17-,18+. The molecule has 0 bridgehead atoms. The Labute approximate surface area is 202 Å². The number of anilines is 1. The zero-order valence-corrected chi connectivity index (χ0v) is 19.8. The molecule has 190 valence electrons. The number of alkyl halides is 3. The number of likely N-dealkylation sites (tertiary alicyclic amines) is 1. The average molecular weight is 494 g/mol. The zero-order valence-electron chi connectivity index (χ0n) is 19.8. The molecule has 0 unspecified atom stereocenters. The van der Waals surface area contributed by atoms with Crippen molar-refractivity contribution in [3.05, 3.63) is 48.3 Å². The summed E-state index contributed by atoms with van der Waals surface area (Å²) in [5, 5.41) is 0. The van der Waals surface area contributed by atoms with Crippen molar-refractivity contribution < 1.29 is 27.4 Å². The molecule has 35 heavy (non-hydrogen) atoms. The third-order valence-electron chi connectivity index (χ3n) is 6.34. The van der Waals surface area contributed by atoms with E-state index in [1.807, 2.05) is 36.9 Å². The van der Waals surface area contributed by atoms with Crippen LogP contribution in [0.1, 0.15) is 32.3 Å². The fourth-order valence-corrected chi connectivity index (χ4v) is 4.74. The number of carbonyl (C=O) groups excluding carboxylic acids is 1. The van der Waals surface area contributed by atoms with Crippen molar-refractivity contribution in [2.45, 2.75) is 57.8 Å². The highest BCUT2D eigenvalue weighted by Crippen LogP contribution is 2.25. The van der Waals surface area contributed by atoms with Crippen LogP contribution in [0.4, 0.5) is 23.8 Å². The lowest BCUT2D eigenvalue weighted by Gasteiger charge is -2.44. The molecule has 2 aromatic rings. The molecule has 2 fully saturated rings. The van der Waals surface area contributed by atoms with Gasteiger partial charge in [-0.3, -0.25) is 9.80 Å². The van der Waals surface area contributed by atoms with Crippen LogP contribution in [-0.4, -0.2) is 76.6 Å². The number of piperazine rings is 1. The second-order valence-corrected chi connectivity index (χ2v) is 9.12. The normalized spacial score (nSPS) is 22.2. The third-order valence-corrected chi connectivity index (χ3v) is 6.34. The average Bonchev–Trinajstić information content (AvgIpc) is 2.80. The fourth-order valence-electron chi connectivity index (χ4n) is 4.74. The number of nitrogens with zero attached hydrogens (tertiary/aromatic N) is 5. The number of aromatic nitrogens is 2. The Morgan fingerprint density at radius 3 is 2.26 bits per heavy atom. The molecular formula is C24H30F3N5O3. The van der Waals surface area contributed by atoms with Crippen LogP contribution < -0.4 is 9.64 Å². The Morgan fingerprint density at radius 1 is 1.03 bits per heavy atom. The Kier molecular flexibility index (Phi) is 7.63. The summed E-state index contributed by atoms with van der Waals surface area (Å²) < 4.78 is 46.7. The number of halogens is 3. The molecule has 0 N–H and O–H groups in total. The van der Waals surface area contributed by atoms with Gasteiger partial charge in [0.2, 0.25) is 5.88 Å². The van der Waals surface area contributed by atoms with Crippen molar-refractivity contribution in [1.82, 2.24) is 19.8 Å². The van der Waals surface area contributed by atoms with Gasteiger partial charge in [0.1, 0.15) is 11.9 Å². The van der Waals surface area contributed by atoms with Crippen molar-refractivity contribution in [3.8, 4) is 5.88 Å². The summed E-state index contributed by atoms with van der Waals surface area (Å²) in [5.74, 6) is -0.184. The molecule has 1 amide bonds.